The molecule has 27 heavy (non-hydrogen) atoms. The van der Waals surface area contributed by atoms with E-state index in [9.17, 15) is 13.6 Å². The molecule has 0 bridgehead atoms. The van der Waals surface area contributed by atoms with E-state index in [0.29, 0.717) is 16.6 Å². The van der Waals surface area contributed by atoms with Crippen molar-refractivity contribution in [2.75, 3.05) is 32.0 Å². The first-order chi connectivity index (χ1) is 12.8. The SMILES string of the molecule is CN1C[C@H](CNC(=O)Nc2ccc(F)c(F)c2)[C@@H](c2ccc(Cl)c(Cl)c2)C1. The summed E-state index contributed by atoms with van der Waals surface area (Å²) in [6, 6.07) is 8.34. The molecule has 8 heteroatoms. The Balaban J connectivity index is 1.62. The highest BCUT2D eigenvalue weighted by molar-refractivity contribution is 6.42. The van der Waals surface area contributed by atoms with Gasteiger partial charge in [-0.15, -0.1) is 0 Å². The van der Waals surface area contributed by atoms with Gasteiger partial charge in [-0.05, 0) is 42.8 Å². The van der Waals surface area contributed by atoms with E-state index >= 15 is 0 Å². The van der Waals surface area contributed by atoms with E-state index in [0.717, 1.165) is 30.8 Å². The summed E-state index contributed by atoms with van der Waals surface area (Å²) in [5.41, 5.74) is 1.26. The number of benzene rings is 2. The van der Waals surface area contributed by atoms with Crippen molar-refractivity contribution in [1.82, 2.24) is 10.2 Å². The first kappa shape index (κ1) is 19.9. The maximum atomic E-state index is 13.2. The molecule has 2 atom stereocenters. The van der Waals surface area contributed by atoms with Gasteiger partial charge in [0.25, 0.3) is 0 Å². The van der Waals surface area contributed by atoms with Gasteiger partial charge in [0.2, 0.25) is 0 Å². The number of likely N-dealkylation sites (tertiary alicyclic amines) is 1. The molecule has 1 saturated heterocycles. The number of hydrogen-bond donors (Lipinski definition) is 2. The molecule has 2 aromatic carbocycles. The molecule has 0 spiro atoms. The number of nitrogens with zero attached hydrogens (tertiary/aromatic N) is 1. The molecule has 2 amide bonds. The van der Waals surface area contributed by atoms with Crippen LogP contribution in [0.2, 0.25) is 10.0 Å². The van der Waals surface area contributed by atoms with Crippen LogP contribution in [0.25, 0.3) is 0 Å². The number of amides is 2. The molecule has 2 aromatic rings. The third kappa shape index (κ3) is 4.89. The van der Waals surface area contributed by atoms with E-state index in [-0.39, 0.29) is 17.5 Å². The Morgan fingerprint density at radius 2 is 1.89 bits per heavy atom. The summed E-state index contributed by atoms with van der Waals surface area (Å²) in [6.45, 7) is 2.09. The van der Waals surface area contributed by atoms with Crippen LogP contribution in [0.15, 0.2) is 36.4 Å². The first-order valence-electron chi connectivity index (χ1n) is 8.47. The maximum Gasteiger partial charge on any atom is 0.319 e. The number of nitrogens with one attached hydrogen (secondary N) is 2. The number of carbonyl (C=O) groups excluding carboxylic acids is 1. The lowest BCUT2D eigenvalue weighted by atomic mass is 9.89. The quantitative estimate of drug-likeness (QED) is 0.759. The fourth-order valence-corrected chi connectivity index (χ4v) is 3.69. The van der Waals surface area contributed by atoms with Gasteiger partial charge in [-0.3, -0.25) is 0 Å². The highest BCUT2D eigenvalue weighted by atomic mass is 35.5. The van der Waals surface area contributed by atoms with Crippen molar-refractivity contribution >= 4 is 34.9 Å². The molecule has 4 nitrogen and oxygen atoms in total. The Hall–Kier alpha value is -1.89. The third-order valence-corrected chi connectivity index (χ3v) is 5.44. The first-order valence-corrected chi connectivity index (χ1v) is 9.22. The Kier molecular flexibility index (Phi) is 6.19. The van der Waals surface area contributed by atoms with Crippen LogP contribution < -0.4 is 10.6 Å². The fraction of sp³-hybridized carbons (Fsp3) is 0.316. The van der Waals surface area contributed by atoms with Crippen LogP contribution in [-0.2, 0) is 0 Å². The van der Waals surface area contributed by atoms with Gasteiger partial charge >= 0.3 is 6.03 Å². The number of halogens is 4. The van der Waals surface area contributed by atoms with Gasteiger partial charge in [-0.25, -0.2) is 13.6 Å². The largest absolute Gasteiger partial charge is 0.338 e. The number of rotatable bonds is 4. The minimum Gasteiger partial charge on any atom is -0.338 e. The summed E-state index contributed by atoms with van der Waals surface area (Å²) in [6.07, 6.45) is 0. The van der Waals surface area contributed by atoms with Gasteiger partial charge < -0.3 is 15.5 Å². The van der Waals surface area contributed by atoms with Gasteiger partial charge in [0.05, 0.1) is 10.0 Å². The summed E-state index contributed by atoms with van der Waals surface area (Å²) in [5, 5.41) is 6.32. The molecule has 0 radical (unpaired) electrons. The van der Waals surface area contributed by atoms with Crippen molar-refractivity contribution in [2.45, 2.75) is 5.92 Å². The lowest BCUT2D eigenvalue weighted by Crippen LogP contribution is -2.35. The van der Waals surface area contributed by atoms with Crippen LogP contribution in [0.1, 0.15) is 11.5 Å². The van der Waals surface area contributed by atoms with Gasteiger partial charge in [0.15, 0.2) is 11.6 Å². The normalized spacial score (nSPS) is 19.9. The Bertz CT molecular complexity index is 850. The zero-order chi connectivity index (χ0) is 19.6. The summed E-state index contributed by atoms with van der Waals surface area (Å²) >= 11 is 12.1. The lowest BCUT2D eigenvalue weighted by molar-refractivity contribution is 0.249. The average Bonchev–Trinajstić information content (AvgIpc) is 2.99. The fourth-order valence-electron chi connectivity index (χ4n) is 3.39. The molecule has 3 rings (SSSR count). The number of urea groups is 1. The molecule has 144 valence electrons. The molecule has 0 unspecified atom stereocenters. The van der Waals surface area contributed by atoms with Crippen molar-refractivity contribution in [2.24, 2.45) is 5.92 Å². The molecule has 0 aromatic heterocycles. The second-order valence-corrected chi connectivity index (χ2v) is 7.54. The van der Waals surface area contributed by atoms with Crippen molar-refractivity contribution < 1.29 is 13.6 Å². The lowest BCUT2D eigenvalue weighted by Gasteiger charge is -2.20. The highest BCUT2D eigenvalue weighted by Gasteiger charge is 2.32. The van der Waals surface area contributed by atoms with Crippen molar-refractivity contribution in [3.63, 3.8) is 0 Å². The van der Waals surface area contributed by atoms with E-state index in [1.165, 1.54) is 6.07 Å². The molecule has 1 aliphatic heterocycles. The van der Waals surface area contributed by atoms with Crippen LogP contribution in [-0.4, -0.2) is 37.6 Å². The molecule has 1 heterocycles. The Morgan fingerprint density at radius 1 is 1.11 bits per heavy atom. The van der Waals surface area contributed by atoms with E-state index in [1.54, 1.807) is 6.07 Å². The number of hydrogen-bond acceptors (Lipinski definition) is 2. The van der Waals surface area contributed by atoms with Crippen molar-refractivity contribution in [3.05, 3.63) is 63.6 Å². The number of carbonyl (C=O) groups is 1. The van der Waals surface area contributed by atoms with Crippen LogP contribution in [0.5, 0.6) is 0 Å². The zero-order valence-electron chi connectivity index (χ0n) is 14.6. The molecule has 1 aliphatic rings. The molecule has 0 saturated carbocycles. The minimum atomic E-state index is -1.01. The standard InChI is InChI=1S/C19H19Cl2F2N3O/c1-26-9-12(14(10-26)11-2-4-15(20)16(21)6-11)8-24-19(27)25-13-3-5-17(22)18(23)7-13/h2-7,12,14H,8-10H2,1H3,(H2,24,25,27)/t12-,14+/m0/s1. The number of likely N-dealkylation sites (N-methyl/N-ethyl adjacent to an activating group) is 1. The molecular weight excluding hydrogens is 395 g/mol. The molecule has 2 N–H and O–H groups in total. The second-order valence-electron chi connectivity index (χ2n) is 6.73. The second kappa shape index (κ2) is 8.42. The summed E-state index contributed by atoms with van der Waals surface area (Å²) in [7, 11) is 2.02. The zero-order valence-corrected chi connectivity index (χ0v) is 16.1. The predicted molar refractivity (Wildman–Crippen MR) is 104 cm³/mol. The summed E-state index contributed by atoms with van der Waals surface area (Å²) < 4.78 is 26.2. The van der Waals surface area contributed by atoms with Gasteiger partial charge in [0.1, 0.15) is 0 Å². The third-order valence-electron chi connectivity index (χ3n) is 4.70. The molecular formula is C19H19Cl2F2N3O. The van der Waals surface area contributed by atoms with E-state index < -0.39 is 17.7 Å². The maximum absolute atomic E-state index is 13.2. The van der Waals surface area contributed by atoms with Crippen LogP contribution in [0, 0.1) is 17.6 Å². The van der Waals surface area contributed by atoms with E-state index in [1.807, 2.05) is 19.2 Å². The number of anilines is 1. The van der Waals surface area contributed by atoms with Crippen LogP contribution in [0.4, 0.5) is 19.3 Å². The average molecular weight is 414 g/mol. The molecule has 0 aliphatic carbocycles. The van der Waals surface area contributed by atoms with Crippen LogP contribution >= 0.6 is 23.2 Å². The summed E-state index contributed by atoms with van der Waals surface area (Å²) in [5.74, 6) is -1.58. The van der Waals surface area contributed by atoms with Crippen LogP contribution in [0.3, 0.4) is 0 Å². The topological polar surface area (TPSA) is 44.4 Å². The van der Waals surface area contributed by atoms with Crippen molar-refractivity contribution in [3.8, 4) is 0 Å². The monoisotopic (exact) mass is 413 g/mol. The van der Waals surface area contributed by atoms with Gasteiger partial charge in [-0.2, -0.15) is 0 Å². The van der Waals surface area contributed by atoms with E-state index in [4.69, 9.17) is 23.2 Å². The predicted octanol–water partition coefficient (Wildman–Crippen LogP) is 4.74. The Labute approximate surface area is 166 Å². The van der Waals surface area contributed by atoms with Gasteiger partial charge in [-0.1, -0.05) is 29.3 Å². The van der Waals surface area contributed by atoms with Gasteiger partial charge in [0, 0.05) is 37.3 Å². The van der Waals surface area contributed by atoms with E-state index in [2.05, 4.69) is 15.5 Å². The Morgan fingerprint density at radius 3 is 2.59 bits per heavy atom. The minimum absolute atomic E-state index is 0.183. The van der Waals surface area contributed by atoms with Crippen molar-refractivity contribution in [1.29, 1.82) is 0 Å². The smallest absolute Gasteiger partial charge is 0.319 e. The molecule has 1 fully saturated rings. The highest BCUT2D eigenvalue weighted by Crippen LogP contribution is 2.34. The summed E-state index contributed by atoms with van der Waals surface area (Å²) in [4.78, 5) is 14.3.